The van der Waals surface area contributed by atoms with Gasteiger partial charge in [0.2, 0.25) is 0 Å². The van der Waals surface area contributed by atoms with Crippen molar-refractivity contribution in [2.45, 2.75) is 23.4 Å². The summed E-state index contributed by atoms with van der Waals surface area (Å²) < 4.78 is 44.5. The SMILES string of the molecule is COc1cccc(F)c1-c1ncc(-c2ccc(S(C)(=O)=O)cc2N2C[C@@H](N)C[C@H]2CO)c(C(N)=O)n1. The van der Waals surface area contributed by atoms with E-state index in [-0.39, 0.29) is 52.0 Å². The molecule has 1 amide bonds. The number of methoxy groups -OCH3 is 1. The Labute approximate surface area is 207 Å². The van der Waals surface area contributed by atoms with E-state index in [0.717, 1.165) is 6.26 Å². The number of aliphatic hydroxyl groups is 1. The molecule has 5 N–H and O–H groups in total. The highest BCUT2D eigenvalue weighted by Gasteiger charge is 2.32. The number of ether oxygens (including phenoxy) is 1. The van der Waals surface area contributed by atoms with E-state index in [1.54, 1.807) is 4.90 Å². The monoisotopic (exact) mass is 515 g/mol. The van der Waals surface area contributed by atoms with Crippen molar-refractivity contribution in [3.8, 4) is 28.3 Å². The van der Waals surface area contributed by atoms with Gasteiger partial charge in [-0.25, -0.2) is 22.8 Å². The molecule has 4 rings (SSSR count). The van der Waals surface area contributed by atoms with E-state index in [0.29, 0.717) is 24.2 Å². The Hall–Kier alpha value is -3.61. The number of aliphatic hydroxyl groups excluding tert-OH is 1. The van der Waals surface area contributed by atoms with E-state index >= 15 is 0 Å². The second-order valence-electron chi connectivity index (χ2n) is 8.57. The van der Waals surface area contributed by atoms with Crippen LogP contribution in [0.25, 0.3) is 22.5 Å². The Morgan fingerprint density at radius 2 is 2.03 bits per heavy atom. The molecule has 1 aromatic heterocycles. The van der Waals surface area contributed by atoms with Gasteiger partial charge in [-0.3, -0.25) is 4.79 Å². The highest BCUT2D eigenvalue weighted by Crippen LogP contribution is 2.39. The maximum atomic E-state index is 14.6. The Morgan fingerprint density at radius 3 is 2.67 bits per heavy atom. The summed E-state index contributed by atoms with van der Waals surface area (Å²) in [5, 5.41) is 9.93. The lowest BCUT2D eigenvalue weighted by molar-refractivity contribution is 0.0996. The number of aromatic nitrogens is 2. The van der Waals surface area contributed by atoms with Crippen molar-refractivity contribution in [1.29, 1.82) is 0 Å². The van der Waals surface area contributed by atoms with Crippen LogP contribution in [0.3, 0.4) is 0 Å². The fourth-order valence-electron chi connectivity index (χ4n) is 4.41. The van der Waals surface area contributed by atoms with Crippen LogP contribution in [0.1, 0.15) is 16.9 Å². The molecule has 12 heteroatoms. The van der Waals surface area contributed by atoms with Crippen LogP contribution in [0, 0.1) is 5.82 Å². The number of hydrogen-bond acceptors (Lipinski definition) is 9. The van der Waals surface area contributed by atoms with Gasteiger partial charge in [0, 0.05) is 41.9 Å². The van der Waals surface area contributed by atoms with Crippen LogP contribution in [-0.2, 0) is 9.84 Å². The molecule has 2 heterocycles. The average molecular weight is 516 g/mol. The van der Waals surface area contributed by atoms with Gasteiger partial charge >= 0.3 is 0 Å². The predicted molar refractivity (Wildman–Crippen MR) is 132 cm³/mol. The summed E-state index contributed by atoms with van der Waals surface area (Å²) in [6.07, 6.45) is 2.90. The summed E-state index contributed by atoms with van der Waals surface area (Å²) in [7, 11) is -2.20. The molecule has 0 bridgehead atoms. The van der Waals surface area contributed by atoms with Crippen molar-refractivity contribution in [3.05, 3.63) is 54.1 Å². The minimum Gasteiger partial charge on any atom is -0.496 e. The first-order chi connectivity index (χ1) is 17.0. The molecule has 1 aliphatic heterocycles. The Balaban J connectivity index is 1.95. The van der Waals surface area contributed by atoms with Gasteiger partial charge in [-0.15, -0.1) is 0 Å². The van der Waals surface area contributed by atoms with E-state index in [9.17, 15) is 22.7 Å². The lowest BCUT2D eigenvalue weighted by atomic mass is 10.0. The number of halogens is 1. The van der Waals surface area contributed by atoms with Crippen LogP contribution >= 0.6 is 0 Å². The number of carbonyl (C=O) groups excluding carboxylic acids is 1. The summed E-state index contributed by atoms with van der Waals surface area (Å²) in [6, 6.07) is 7.99. The standard InChI is InChI=1S/C24H26FN5O5S/c1-35-20-5-3-4-18(25)21(20)24-28-10-17(22(29-24)23(27)32)16-7-6-15(36(2,33)34)9-19(16)30-11-13(26)8-14(30)12-31/h3-7,9-10,13-14,31H,8,11-12,26H2,1-2H3,(H2,27,32)/t13-,14-/m0/s1. The van der Waals surface area contributed by atoms with Crippen LogP contribution in [0.15, 0.2) is 47.5 Å². The third-order valence-corrected chi connectivity index (χ3v) is 7.21. The van der Waals surface area contributed by atoms with Crippen molar-refractivity contribution >= 4 is 21.4 Å². The minimum atomic E-state index is -3.57. The molecule has 2 aromatic carbocycles. The molecule has 0 spiro atoms. The number of amides is 1. The van der Waals surface area contributed by atoms with Crippen LogP contribution in [0.2, 0.25) is 0 Å². The molecule has 190 valence electrons. The molecule has 2 atom stereocenters. The first kappa shape index (κ1) is 25.5. The number of nitrogens with zero attached hydrogens (tertiary/aromatic N) is 3. The smallest absolute Gasteiger partial charge is 0.268 e. The highest BCUT2D eigenvalue weighted by molar-refractivity contribution is 7.90. The number of rotatable bonds is 7. The minimum absolute atomic E-state index is 0.0347. The zero-order chi connectivity index (χ0) is 26.2. The molecule has 1 aliphatic rings. The van der Waals surface area contributed by atoms with Crippen molar-refractivity contribution in [2.75, 3.05) is 31.4 Å². The zero-order valence-corrected chi connectivity index (χ0v) is 20.5. The van der Waals surface area contributed by atoms with E-state index < -0.39 is 21.6 Å². The normalized spacial score (nSPS) is 17.9. The molecule has 0 aliphatic carbocycles. The molecular weight excluding hydrogens is 489 g/mol. The van der Waals surface area contributed by atoms with Gasteiger partial charge in [-0.05, 0) is 30.7 Å². The van der Waals surface area contributed by atoms with Crippen molar-refractivity contribution < 1.29 is 27.4 Å². The first-order valence-corrected chi connectivity index (χ1v) is 12.9. The van der Waals surface area contributed by atoms with Gasteiger partial charge in [0.15, 0.2) is 15.7 Å². The Morgan fingerprint density at radius 1 is 1.28 bits per heavy atom. The molecule has 3 aromatic rings. The quantitative estimate of drug-likeness (QED) is 0.422. The molecule has 0 unspecified atom stereocenters. The number of carbonyl (C=O) groups is 1. The summed E-state index contributed by atoms with van der Waals surface area (Å²) in [5.74, 6) is -1.46. The molecule has 10 nitrogen and oxygen atoms in total. The van der Waals surface area contributed by atoms with E-state index in [1.807, 2.05) is 0 Å². The van der Waals surface area contributed by atoms with Crippen molar-refractivity contribution in [3.63, 3.8) is 0 Å². The summed E-state index contributed by atoms with van der Waals surface area (Å²) in [5.41, 5.74) is 12.6. The highest BCUT2D eigenvalue weighted by atomic mass is 32.2. The van der Waals surface area contributed by atoms with Crippen molar-refractivity contribution in [2.24, 2.45) is 11.5 Å². The van der Waals surface area contributed by atoms with Crippen LogP contribution in [0.4, 0.5) is 10.1 Å². The number of benzene rings is 2. The Kier molecular flexibility index (Phi) is 6.94. The number of primary amides is 1. The van der Waals surface area contributed by atoms with E-state index in [2.05, 4.69) is 9.97 Å². The van der Waals surface area contributed by atoms with E-state index in [4.69, 9.17) is 16.2 Å². The zero-order valence-electron chi connectivity index (χ0n) is 19.7. The van der Waals surface area contributed by atoms with Gasteiger partial charge in [-0.1, -0.05) is 12.1 Å². The van der Waals surface area contributed by atoms with E-state index in [1.165, 1.54) is 49.7 Å². The summed E-state index contributed by atoms with van der Waals surface area (Å²) in [6.45, 7) is 0.143. The fourth-order valence-corrected chi connectivity index (χ4v) is 5.05. The second-order valence-corrected chi connectivity index (χ2v) is 10.6. The molecule has 1 saturated heterocycles. The van der Waals surface area contributed by atoms with Crippen LogP contribution in [0.5, 0.6) is 5.75 Å². The van der Waals surface area contributed by atoms with Crippen LogP contribution in [-0.4, -0.2) is 68.0 Å². The third kappa shape index (κ3) is 4.74. The molecular formula is C24H26FN5O5S. The number of hydrogen-bond donors (Lipinski definition) is 3. The number of sulfone groups is 1. The maximum absolute atomic E-state index is 14.6. The van der Waals surface area contributed by atoms with Gasteiger partial charge in [0.05, 0.1) is 30.2 Å². The molecule has 0 saturated carbocycles. The van der Waals surface area contributed by atoms with Gasteiger partial charge in [0.1, 0.15) is 17.3 Å². The predicted octanol–water partition coefficient (Wildman–Crippen LogP) is 1.36. The van der Waals surface area contributed by atoms with Crippen LogP contribution < -0.4 is 21.1 Å². The summed E-state index contributed by atoms with van der Waals surface area (Å²) >= 11 is 0. The Bertz CT molecular complexity index is 1430. The lowest BCUT2D eigenvalue weighted by Gasteiger charge is -2.28. The second kappa shape index (κ2) is 9.80. The summed E-state index contributed by atoms with van der Waals surface area (Å²) in [4.78, 5) is 22.9. The molecule has 1 fully saturated rings. The lowest BCUT2D eigenvalue weighted by Crippen LogP contribution is -2.33. The number of anilines is 1. The van der Waals surface area contributed by atoms with Gasteiger partial charge < -0.3 is 26.2 Å². The fraction of sp³-hybridized carbons (Fsp3) is 0.292. The largest absolute Gasteiger partial charge is 0.496 e. The molecule has 36 heavy (non-hydrogen) atoms. The molecule has 0 radical (unpaired) electrons. The first-order valence-electron chi connectivity index (χ1n) is 11.0. The van der Waals surface area contributed by atoms with Gasteiger partial charge in [-0.2, -0.15) is 0 Å². The van der Waals surface area contributed by atoms with Crippen molar-refractivity contribution in [1.82, 2.24) is 9.97 Å². The third-order valence-electron chi connectivity index (χ3n) is 6.10. The van der Waals surface area contributed by atoms with Gasteiger partial charge in [0.25, 0.3) is 5.91 Å². The average Bonchev–Trinajstić information content (AvgIpc) is 3.23. The maximum Gasteiger partial charge on any atom is 0.268 e. The topological polar surface area (TPSA) is 162 Å². The number of nitrogens with two attached hydrogens (primary N) is 2.